The Hall–Kier alpha value is -1.77. The molecule has 0 radical (unpaired) electrons. The summed E-state index contributed by atoms with van der Waals surface area (Å²) in [7, 11) is 3.27. The predicted molar refractivity (Wildman–Crippen MR) is 114 cm³/mol. The zero-order valence-corrected chi connectivity index (χ0v) is 17.8. The number of hydrogen-bond acceptors (Lipinski definition) is 4. The zero-order valence-electron chi connectivity index (χ0n) is 15.5. The molecule has 0 aromatic heterocycles. The molecule has 0 heterocycles. The summed E-state index contributed by atoms with van der Waals surface area (Å²) in [6, 6.07) is 12.5. The molecule has 0 aliphatic heterocycles. The molecular formula is C19H21ClF2N2O2S2. The van der Waals surface area contributed by atoms with Gasteiger partial charge >= 0.3 is 6.61 Å². The van der Waals surface area contributed by atoms with E-state index >= 15 is 0 Å². The smallest absolute Gasteiger partial charge is 0.387 e. The van der Waals surface area contributed by atoms with Crippen molar-refractivity contribution in [2.24, 2.45) is 0 Å². The van der Waals surface area contributed by atoms with Crippen LogP contribution in [0.2, 0.25) is 5.02 Å². The molecule has 2 aromatic rings. The molecule has 2 rings (SSSR count). The van der Waals surface area contributed by atoms with Crippen molar-refractivity contribution in [1.29, 1.82) is 0 Å². The lowest BCUT2D eigenvalue weighted by Crippen LogP contribution is -2.37. The van der Waals surface area contributed by atoms with E-state index in [4.69, 9.17) is 28.6 Å². The normalized spacial score (nSPS) is 10.6. The van der Waals surface area contributed by atoms with Crippen molar-refractivity contribution in [2.75, 3.05) is 26.5 Å². The van der Waals surface area contributed by atoms with Gasteiger partial charge in [0.15, 0.2) is 16.6 Å². The van der Waals surface area contributed by atoms with Crippen molar-refractivity contribution in [2.45, 2.75) is 18.1 Å². The first kappa shape index (κ1) is 22.5. The van der Waals surface area contributed by atoms with E-state index in [1.54, 1.807) is 23.9 Å². The fraction of sp³-hybridized carbons (Fsp3) is 0.316. The number of nitrogens with one attached hydrogen (secondary N) is 1. The summed E-state index contributed by atoms with van der Waals surface area (Å²) in [6.07, 6.45) is 0. The van der Waals surface area contributed by atoms with Crippen LogP contribution in [0.4, 0.5) is 8.78 Å². The second-order valence-electron chi connectivity index (χ2n) is 5.75. The highest BCUT2D eigenvalue weighted by atomic mass is 35.5. The number of alkyl halides is 2. The van der Waals surface area contributed by atoms with Gasteiger partial charge < -0.3 is 19.7 Å². The van der Waals surface area contributed by atoms with Crippen LogP contribution < -0.4 is 14.8 Å². The SMILES string of the molecule is COc1cc(CN(C)C(=S)NCCSc2ccc(Cl)cc2)ccc1OC(F)F. The van der Waals surface area contributed by atoms with Crippen LogP contribution in [-0.4, -0.2) is 43.1 Å². The number of rotatable bonds is 9. The molecule has 0 bridgehead atoms. The number of thioether (sulfide) groups is 1. The first-order chi connectivity index (χ1) is 13.4. The molecule has 0 fully saturated rings. The molecule has 0 unspecified atom stereocenters. The molecule has 0 saturated heterocycles. The Bertz CT molecular complexity index is 779. The van der Waals surface area contributed by atoms with Gasteiger partial charge in [-0.3, -0.25) is 0 Å². The van der Waals surface area contributed by atoms with Crippen LogP contribution in [0, 0.1) is 0 Å². The van der Waals surface area contributed by atoms with Gasteiger partial charge in [0, 0.05) is 35.8 Å². The van der Waals surface area contributed by atoms with Crippen molar-refractivity contribution >= 4 is 40.7 Å². The van der Waals surface area contributed by atoms with Gasteiger partial charge in [0.2, 0.25) is 0 Å². The van der Waals surface area contributed by atoms with Gasteiger partial charge in [0.25, 0.3) is 0 Å². The first-order valence-corrected chi connectivity index (χ1v) is 10.1. The van der Waals surface area contributed by atoms with Crippen LogP contribution in [0.15, 0.2) is 47.4 Å². The summed E-state index contributed by atoms with van der Waals surface area (Å²) in [4.78, 5) is 3.01. The number of ether oxygens (including phenoxy) is 2. The fourth-order valence-electron chi connectivity index (χ4n) is 2.34. The highest BCUT2D eigenvalue weighted by Gasteiger charge is 2.12. The van der Waals surface area contributed by atoms with Crippen LogP contribution in [-0.2, 0) is 6.54 Å². The highest BCUT2D eigenvalue weighted by molar-refractivity contribution is 7.99. The maximum Gasteiger partial charge on any atom is 0.387 e. The average Bonchev–Trinajstić information content (AvgIpc) is 2.67. The fourth-order valence-corrected chi connectivity index (χ4v) is 3.40. The van der Waals surface area contributed by atoms with Gasteiger partial charge in [-0.05, 0) is 54.2 Å². The Balaban J connectivity index is 1.80. The largest absolute Gasteiger partial charge is 0.493 e. The predicted octanol–water partition coefficient (Wildman–Crippen LogP) is 5.05. The molecule has 0 spiro atoms. The van der Waals surface area contributed by atoms with E-state index in [9.17, 15) is 8.78 Å². The molecule has 9 heteroatoms. The number of thiocarbonyl (C=S) groups is 1. The molecule has 2 aromatic carbocycles. The molecule has 0 amide bonds. The summed E-state index contributed by atoms with van der Waals surface area (Å²) >= 11 is 13.0. The third kappa shape index (κ3) is 7.33. The van der Waals surface area contributed by atoms with Gasteiger partial charge in [-0.2, -0.15) is 8.78 Å². The topological polar surface area (TPSA) is 33.7 Å². The van der Waals surface area contributed by atoms with E-state index in [-0.39, 0.29) is 11.5 Å². The lowest BCUT2D eigenvalue weighted by molar-refractivity contribution is -0.0512. The molecule has 4 nitrogen and oxygen atoms in total. The second-order valence-corrected chi connectivity index (χ2v) is 7.75. The van der Waals surface area contributed by atoms with Crippen LogP contribution in [0.5, 0.6) is 11.5 Å². The van der Waals surface area contributed by atoms with E-state index in [1.165, 1.54) is 13.2 Å². The Morgan fingerprint density at radius 2 is 1.93 bits per heavy atom. The van der Waals surface area contributed by atoms with Crippen LogP contribution >= 0.6 is 35.6 Å². The lowest BCUT2D eigenvalue weighted by Gasteiger charge is -2.21. The molecule has 0 atom stereocenters. The number of hydrogen-bond donors (Lipinski definition) is 1. The molecule has 28 heavy (non-hydrogen) atoms. The molecule has 0 saturated carbocycles. The monoisotopic (exact) mass is 446 g/mol. The molecule has 1 N–H and O–H groups in total. The van der Waals surface area contributed by atoms with E-state index in [1.807, 2.05) is 36.2 Å². The van der Waals surface area contributed by atoms with Crippen molar-refractivity contribution in [3.63, 3.8) is 0 Å². The third-order valence-electron chi connectivity index (χ3n) is 3.67. The molecule has 0 aliphatic rings. The minimum atomic E-state index is -2.90. The summed E-state index contributed by atoms with van der Waals surface area (Å²) in [6.45, 7) is -1.69. The van der Waals surface area contributed by atoms with E-state index < -0.39 is 6.61 Å². The Kier molecular flexibility index (Phi) is 9.08. The van der Waals surface area contributed by atoms with Crippen LogP contribution in [0.3, 0.4) is 0 Å². The highest BCUT2D eigenvalue weighted by Crippen LogP contribution is 2.29. The quantitative estimate of drug-likeness (QED) is 0.330. The van der Waals surface area contributed by atoms with E-state index in [0.717, 1.165) is 21.2 Å². The van der Waals surface area contributed by atoms with E-state index in [0.29, 0.717) is 18.2 Å². The van der Waals surface area contributed by atoms with Gasteiger partial charge in [-0.25, -0.2) is 0 Å². The van der Waals surface area contributed by atoms with Crippen LogP contribution in [0.25, 0.3) is 0 Å². The van der Waals surface area contributed by atoms with Gasteiger partial charge in [-0.15, -0.1) is 11.8 Å². The van der Waals surface area contributed by atoms with Crippen molar-refractivity contribution in [1.82, 2.24) is 10.2 Å². The second kappa shape index (κ2) is 11.3. The standard InChI is InChI=1S/C19H21ClF2N2O2S2/c1-24(12-13-3-8-16(26-18(21)22)17(11-13)25-2)19(27)23-9-10-28-15-6-4-14(20)5-7-15/h3-8,11,18H,9-10,12H2,1-2H3,(H,23,27). The van der Waals surface area contributed by atoms with Crippen LogP contribution in [0.1, 0.15) is 5.56 Å². The average molecular weight is 447 g/mol. The zero-order chi connectivity index (χ0) is 20.5. The lowest BCUT2D eigenvalue weighted by atomic mass is 10.2. The van der Waals surface area contributed by atoms with Gasteiger partial charge in [0.05, 0.1) is 7.11 Å². The van der Waals surface area contributed by atoms with Crippen molar-refractivity contribution in [3.05, 3.63) is 53.1 Å². The van der Waals surface area contributed by atoms with Crippen molar-refractivity contribution in [3.8, 4) is 11.5 Å². The molecular weight excluding hydrogens is 426 g/mol. The number of methoxy groups -OCH3 is 1. The summed E-state index contributed by atoms with van der Waals surface area (Å²) in [5, 5.41) is 4.52. The van der Waals surface area contributed by atoms with Gasteiger partial charge in [-0.1, -0.05) is 17.7 Å². The summed E-state index contributed by atoms with van der Waals surface area (Å²) in [5.74, 6) is 1.11. The summed E-state index contributed by atoms with van der Waals surface area (Å²) < 4.78 is 34.4. The molecule has 152 valence electrons. The minimum absolute atomic E-state index is 0.00355. The Morgan fingerprint density at radius 3 is 2.57 bits per heavy atom. The van der Waals surface area contributed by atoms with Gasteiger partial charge in [0.1, 0.15) is 0 Å². The maximum absolute atomic E-state index is 12.4. The number of halogens is 3. The first-order valence-electron chi connectivity index (χ1n) is 8.38. The Labute approximate surface area is 178 Å². The number of benzene rings is 2. The maximum atomic E-state index is 12.4. The van der Waals surface area contributed by atoms with E-state index in [2.05, 4.69) is 10.1 Å². The summed E-state index contributed by atoms with van der Waals surface area (Å²) in [5.41, 5.74) is 0.862. The molecule has 0 aliphatic carbocycles. The van der Waals surface area contributed by atoms with Crippen molar-refractivity contribution < 1.29 is 18.3 Å². The Morgan fingerprint density at radius 1 is 1.21 bits per heavy atom. The third-order valence-corrected chi connectivity index (χ3v) is 5.39. The minimum Gasteiger partial charge on any atom is -0.493 e. The number of nitrogens with zero attached hydrogens (tertiary/aromatic N) is 1.